The second kappa shape index (κ2) is 5.35. The number of ether oxygens (including phenoxy) is 1. The lowest BCUT2D eigenvalue weighted by Crippen LogP contribution is -2.43. The molecule has 1 aliphatic carbocycles. The van der Waals surface area contributed by atoms with Gasteiger partial charge in [0.05, 0.1) is 12.6 Å². The number of carbonyl (C=O) groups excluding carboxylic acids is 1. The quantitative estimate of drug-likeness (QED) is 0.740. The van der Waals surface area contributed by atoms with E-state index in [4.69, 9.17) is 4.74 Å². The Morgan fingerprint density at radius 2 is 2.07 bits per heavy atom. The Kier molecular flexibility index (Phi) is 3.83. The first kappa shape index (κ1) is 10.7. The molecule has 1 heterocycles. The molecular formula is C11H20N2O2. The zero-order valence-electron chi connectivity index (χ0n) is 9.13. The van der Waals surface area contributed by atoms with Crippen LogP contribution in [-0.2, 0) is 4.74 Å². The number of hydrogen-bond acceptors (Lipinski definition) is 2. The van der Waals surface area contributed by atoms with Crippen molar-refractivity contribution in [1.82, 2.24) is 10.6 Å². The van der Waals surface area contributed by atoms with Crippen LogP contribution in [-0.4, -0.2) is 31.8 Å². The third-order valence-electron chi connectivity index (χ3n) is 3.29. The van der Waals surface area contributed by atoms with Gasteiger partial charge in [0.15, 0.2) is 0 Å². The molecule has 0 spiro atoms. The molecule has 1 atom stereocenters. The minimum atomic E-state index is -0.0302. The van der Waals surface area contributed by atoms with Gasteiger partial charge in [-0.3, -0.25) is 0 Å². The van der Waals surface area contributed by atoms with E-state index in [9.17, 15) is 4.79 Å². The maximum Gasteiger partial charge on any atom is 0.315 e. The van der Waals surface area contributed by atoms with Crippen molar-refractivity contribution in [2.75, 3.05) is 19.8 Å². The summed E-state index contributed by atoms with van der Waals surface area (Å²) in [5, 5.41) is 5.87. The van der Waals surface area contributed by atoms with Gasteiger partial charge in [0.1, 0.15) is 0 Å². The SMILES string of the molecule is O=C(NCC1CCCC1)NC1CCOC1. The van der Waals surface area contributed by atoms with Gasteiger partial charge in [0.2, 0.25) is 0 Å². The minimum Gasteiger partial charge on any atom is -0.379 e. The van der Waals surface area contributed by atoms with Gasteiger partial charge >= 0.3 is 6.03 Å². The summed E-state index contributed by atoms with van der Waals surface area (Å²) in [7, 11) is 0. The average molecular weight is 212 g/mol. The molecule has 4 nitrogen and oxygen atoms in total. The van der Waals surface area contributed by atoms with E-state index in [1.165, 1.54) is 25.7 Å². The van der Waals surface area contributed by atoms with E-state index < -0.39 is 0 Å². The summed E-state index contributed by atoms with van der Waals surface area (Å²) in [6.45, 7) is 2.27. The van der Waals surface area contributed by atoms with E-state index in [2.05, 4.69) is 10.6 Å². The highest BCUT2D eigenvalue weighted by atomic mass is 16.5. The first-order valence-electron chi connectivity index (χ1n) is 5.96. The van der Waals surface area contributed by atoms with Crippen molar-refractivity contribution < 1.29 is 9.53 Å². The predicted molar refractivity (Wildman–Crippen MR) is 57.7 cm³/mol. The lowest BCUT2D eigenvalue weighted by molar-refractivity contribution is 0.188. The Bertz CT molecular complexity index is 209. The number of hydrogen-bond donors (Lipinski definition) is 2. The summed E-state index contributed by atoms with van der Waals surface area (Å²) in [4.78, 5) is 11.5. The maximum atomic E-state index is 11.5. The Morgan fingerprint density at radius 1 is 1.27 bits per heavy atom. The second-order valence-electron chi connectivity index (χ2n) is 4.57. The molecule has 0 aromatic carbocycles. The molecule has 0 aromatic rings. The van der Waals surface area contributed by atoms with Gasteiger partial charge in [0, 0.05) is 13.2 Å². The standard InChI is InChI=1S/C11H20N2O2/c14-11(13-10-5-6-15-8-10)12-7-9-3-1-2-4-9/h9-10H,1-8H2,(H2,12,13,14). The van der Waals surface area contributed by atoms with E-state index in [1.54, 1.807) is 0 Å². The first-order chi connectivity index (χ1) is 7.34. The fourth-order valence-electron chi connectivity index (χ4n) is 2.34. The Labute approximate surface area is 90.8 Å². The topological polar surface area (TPSA) is 50.4 Å². The lowest BCUT2D eigenvalue weighted by atomic mass is 10.1. The van der Waals surface area contributed by atoms with E-state index in [0.29, 0.717) is 12.5 Å². The Balaban J connectivity index is 1.59. The van der Waals surface area contributed by atoms with Gasteiger partial charge in [-0.1, -0.05) is 12.8 Å². The van der Waals surface area contributed by atoms with Crippen LogP contribution in [0.2, 0.25) is 0 Å². The molecule has 15 heavy (non-hydrogen) atoms. The van der Waals surface area contributed by atoms with Gasteiger partial charge in [-0.2, -0.15) is 0 Å². The maximum absolute atomic E-state index is 11.5. The van der Waals surface area contributed by atoms with Crippen molar-refractivity contribution in [3.8, 4) is 0 Å². The summed E-state index contributed by atoms with van der Waals surface area (Å²) in [5.74, 6) is 0.704. The van der Waals surface area contributed by atoms with Crippen LogP contribution in [0.3, 0.4) is 0 Å². The zero-order valence-corrected chi connectivity index (χ0v) is 9.13. The van der Waals surface area contributed by atoms with Gasteiger partial charge in [-0.05, 0) is 25.2 Å². The Hall–Kier alpha value is -0.770. The third kappa shape index (κ3) is 3.38. The molecule has 2 fully saturated rings. The predicted octanol–water partition coefficient (Wildman–Crippen LogP) is 1.26. The number of nitrogens with one attached hydrogen (secondary N) is 2. The van der Waals surface area contributed by atoms with E-state index in [0.717, 1.165) is 19.6 Å². The molecule has 1 aliphatic heterocycles. The van der Waals surface area contributed by atoms with Gasteiger partial charge < -0.3 is 15.4 Å². The molecule has 86 valence electrons. The molecule has 0 aromatic heterocycles. The monoisotopic (exact) mass is 212 g/mol. The second-order valence-corrected chi connectivity index (χ2v) is 4.57. The van der Waals surface area contributed by atoms with Crippen LogP contribution in [0.5, 0.6) is 0 Å². The van der Waals surface area contributed by atoms with E-state index in [1.807, 2.05) is 0 Å². The van der Waals surface area contributed by atoms with Crippen LogP contribution in [0, 0.1) is 5.92 Å². The van der Waals surface area contributed by atoms with Crippen molar-refractivity contribution in [2.24, 2.45) is 5.92 Å². The largest absolute Gasteiger partial charge is 0.379 e. The van der Waals surface area contributed by atoms with Crippen LogP contribution in [0.25, 0.3) is 0 Å². The molecule has 1 saturated carbocycles. The van der Waals surface area contributed by atoms with E-state index >= 15 is 0 Å². The highest BCUT2D eigenvalue weighted by Crippen LogP contribution is 2.23. The summed E-state index contributed by atoms with van der Waals surface area (Å²) in [6.07, 6.45) is 6.13. The van der Waals surface area contributed by atoms with Crippen molar-refractivity contribution in [1.29, 1.82) is 0 Å². The first-order valence-corrected chi connectivity index (χ1v) is 5.96. The molecule has 1 unspecified atom stereocenters. The van der Waals surface area contributed by atoms with Crippen LogP contribution in [0.1, 0.15) is 32.1 Å². The summed E-state index contributed by atoms with van der Waals surface area (Å²) >= 11 is 0. The summed E-state index contributed by atoms with van der Waals surface area (Å²) in [5.41, 5.74) is 0. The Morgan fingerprint density at radius 3 is 2.73 bits per heavy atom. The van der Waals surface area contributed by atoms with Crippen LogP contribution >= 0.6 is 0 Å². The third-order valence-corrected chi connectivity index (χ3v) is 3.29. The highest BCUT2D eigenvalue weighted by molar-refractivity contribution is 5.74. The van der Waals surface area contributed by atoms with Crippen molar-refractivity contribution in [3.05, 3.63) is 0 Å². The normalized spacial score (nSPS) is 26.8. The van der Waals surface area contributed by atoms with Crippen molar-refractivity contribution in [2.45, 2.75) is 38.1 Å². The summed E-state index contributed by atoms with van der Waals surface area (Å²) in [6, 6.07) is 0.186. The molecule has 4 heteroatoms. The molecule has 0 bridgehead atoms. The van der Waals surface area contributed by atoms with Gasteiger partial charge in [0.25, 0.3) is 0 Å². The molecule has 2 rings (SSSR count). The van der Waals surface area contributed by atoms with E-state index in [-0.39, 0.29) is 12.1 Å². The number of carbonyl (C=O) groups is 1. The average Bonchev–Trinajstić information content (AvgIpc) is 2.86. The molecular weight excluding hydrogens is 192 g/mol. The summed E-state index contributed by atoms with van der Waals surface area (Å²) < 4.78 is 5.19. The van der Waals surface area contributed by atoms with Crippen molar-refractivity contribution >= 4 is 6.03 Å². The van der Waals surface area contributed by atoms with Crippen LogP contribution in [0.15, 0.2) is 0 Å². The molecule has 2 aliphatic rings. The lowest BCUT2D eigenvalue weighted by Gasteiger charge is -2.14. The van der Waals surface area contributed by atoms with Gasteiger partial charge in [-0.25, -0.2) is 4.79 Å². The smallest absolute Gasteiger partial charge is 0.315 e. The van der Waals surface area contributed by atoms with Crippen LogP contribution in [0.4, 0.5) is 4.79 Å². The fraction of sp³-hybridized carbons (Fsp3) is 0.909. The van der Waals surface area contributed by atoms with Gasteiger partial charge in [-0.15, -0.1) is 0 Å². The molecule has 2 N–H and O–H groups in total. The highest BCUT2D eigenvalue weighted by Gasteiger charge is 2.19. The molecule has 0 radical (unpaired) electrons. The minimum absolute atomic E-state index is 0.0302. The van der Waals surface area contributed by atoms with Crippen molar-refractivity contribution in [3.63, 3.8) is 0 Å². The number of amides is 2. The molecule has 1 saturated heterocycles. The van der Waals surface area contributed by atoms with Crippen LogP contribution < -0.4 is 10.6 Å². The number of urea groups is 1. The number of rotatable bonds is 3. The fourth-order valence-corrected chi connectivity index (χ4v) is 2.34. The zero-order chi connectivity index (χ0) is 10.5. The molecule has 2 amide bonds.